The molecule has 0 bridgehead atoms. The lowest BCUT2D eigenvalue weighted by Crippen LogP contribution is -2.44. The monoisotopic (exact) mass is 630 g/mol. The minimum atomic E-state index is -0.587. The molecule has 1 N–H and O–H groups in total. The van der Waals surface area contributed by atoms with E-state index in [1.54, 1.807) is 18.2 Å². The third-order valence-electron chi connectivity index (χ3n) is 7.41. The molecule has 8 nitrogen and oxygen atoms in total. The number of carbonyl (C=O) groups excluding carboxylic acids is 2. The second kappa shape index (κ2) is 15.2. The van der Waals surface area contributed by atoms with Gasteiger partial charge in [-0.2, -0.15) is 5.10 Å². The van der Waals surface area contributed by atoms with Crippen LogP contribution in [0.5, 0.6) is 0 Å². The number of hydrogen-bond donors (Lipinski definition) is 1. The molecule has 0 radical (unpaired) electrons. The average Bonchev–Trinajstić information content (AvgIpc) is 2.99. The van der Waals surface area contributed by atoms with Crippen molar-refractivity contribution in [1.29, 1.82) is 0 Å². The van der Waals surface area contributed by atoms with E-state index < -0.39 is 11.7 Å². The summed E-state index contributed by atoms with van der Waals surface area (Å²) in [6, 6.07) is 24.7. The molecule has 0 fully saturated rings. The van der Waals surface area contributed by atoms with E-state index in [2.05, 4.69) is 17.4 Å². The third-order valence-corrected chi connectivity index (χ3v) is 7.64. The molecule has 45 heavy (non-hydrogen) atoms. The highest BCUT2D eigenvalue weighted by Gasteiger charge is 2.28. The van der Waals surface area contributed by atoms with Gasteiger partial charge in [0.15, 0.2) is 0 Å². The van der Waals surface area contributed by atoms with Crippen molar-refractivity contribution < 1.29 is 14.3 Å². The predicted molar refractivity (Wildman–Crippen MR) is 179 cm³/mol. The Morgan fingerprint density at radius 2 is 1.60 bits per heavy atom. The number of benzene rings is 3. The van der Waals surface area contributed by atoms with Gasteiger partial charge in [-0.1, -0.05) is 86.1 Å². The Morgan fingerprint density at radius 3 is 2.22 bits per heavy atom. The first-order valence-corrected chi connectivity index (χ1v) is 15.8. The zero-order valence-corrected chi connectivity index (χ0v) is 27.5. The van der Waals surface area contributed by atoms with E-state index in [0.29, 0.717) is 53.8 Å². The molecule has 0 aliphatic carbocycles. The lowest BCUT2D eigenvalue weighted by molar-refractivity contribution is -0.137. The van der Waals surface area contributed by atoms with Crippen LogP contribution in [-0.2, 0) is 29.0 Å². The second-order valence-corrected chi connectivity index (χ2v) is 13.1. The van der Waals surface area contributed by atoms with Crippen LogP contribution < -0.4 is 10.9 Å². The Labute approximate surface area is 270 Å². The molecule has 0 aliphatic rings. The van der Waals surface area contributed by atoms with E-state index in [9.17, 15) is 14.4 Å². The van der Waals surface area contributed by atoms with Crippen LogP contribution in [0, 0.1) is 5.92 Å². The van der Waals surface area contributed by atoms with E-state index in [0.717, 1.165) is 11.1 Å². The molecule has 1 atom stereocenters. The molecule has 1 unspecified atom stereocenters. The fraction of sp³-hybridized carbons (Fsp3) is 0.389. The van der Waals surface area contributed by atoms with Crippen molar-refractivity contribution in [1.82, 2.24) is 20.0 Å². The van der Waals surface area contributed by atoms with Gasteiger partial charge in [-0.25, -0.2) is 9.48 Å². The molecule has 4 rings (SSSR count). The van der Waals surface area contributed by atoms with Gasteiger partial charge in [0.1, 0.15) is 5.60 Å². The van der Waals surface area contributed by atoms with Gasteiger partial charge < -0.3 is 15.0 Å². The molecule has 0 spiro atoms. The largest absolute Gasteiger partial charge is 0.444 e. The van der Waals surface area contributed by atoms with Gasteiger partial charge in [0, 0.05) is 28.9 Å². The number of nitrogens with one attached hydrogen (secondary N) is 1. The summed E-state index contributed by atoms with van der Waals surface area (Å²) in [4.78, 5) is 41.6. The molecule has 0 aliphatic heterocycles. The van der Waals surface area contributed by atoms with Gasteiger partial charge in [0.25, 0.3) is 5.56 Å². The molecule has 238 valence electrons. The number of halogens is 1. The number of carbonyl (C=O) groups is 2. The smallest absolute Gasteiger partial charge is 0.407 e. The van der Waals surface area contributed by atoms with E-state index in [1.165, 1.54) is 4.68 Å². The van der Waals surface area contributed by atoms with Crippen LogP contribution in [0.25, 0.3) is 10.8 Å². The minimum absolute atomic E-state index is 0.0196. The van der Waals surface area contributed by atoms with Gasteiger partial charge in [-0.3, -0.25) is 9.59 Å². The number of aromatic nitrogens is 2. The number of rotatable bonds is 12. The zero-order valence-electron chi connectivity index (χ0n) is 26.8. The van der Waals surface area contributed by atoms with Crippen molar-refractivity contribution >= 4 is 34.4 Å². The summed E-state index contributed by atoms with van der Waals surface area (Å²) in [6.07, 6.45) is 1.41. The Bertz CT molecular complexity index is 1650. The molecule has 3 aromatic carbocycles. The van der Waals surface area contributed by atoms with Crippen LogP contribution >= 0.6 is 11.6 Å². The van der Waals surface area contributed by atoms with E-state index in [-0.39, 0.29) is 30.0 Å². The Kier molecular flexibility index (Phi) is 11.4. The van der Waals surface area contributed by atoms with Crippen molar-refractivity contribution in [3.63, 3.8) is 0 Å². The highest BCUT2D eigenvalue weighted by atomic mass is 35.5. The maximum atomic E-state index is 13.9. The summed E-state index contributed by atoms with van der Waals surface area (Å²) < 4.78 is 6.86. The first kappa shape index (κ1) is 33.7. The predicted octanol–water partition coefficient (Wildman–Crippen LogP) is 7.00. The van der Waals surface area contributed by atoms with Crippen LogP contribution in [-0.4, -0.2) is 44.9 Å². The molecule has 2 amide bonds. The maximum absolute atomic E-state index is 13.9. The van der Waals surface area contributed by atoms with Crippen molar-refractivity contribution in [2.24, 2.45) is 5.92 Å². The third kappa shape index (κ3) is 9.66. The maximum Gasteiger partial charge on any atom is 0.407 e. The van der Waals surface area contributed by atoms with Gasteiger partial charge in [-0.05, 0) is 69.4 Å². The molecule has 0 saturated carbocycles. The average molecular weight is 631 g/mol. The second-order valence-electron chi connectivity index (χ2n) is 12.6. The standard InChI is InChI=1S/C36H43ClN4O4/c1-25(2)33(42)40(29(21-26-13-8-6-9-14-26)17-12-20-38-35(44)45-36(3,4)5)24-32-31-22-28(37)18-19-30(31)34(43)41(39-32)23-27-15-10-7-11-16-27/h6-11,13-16,18-19,22,25,29H,12,17,20-21,23-24H2,1-5H3,(H,38,44). The summed E-state index contributed by atoms with van der Waals surface area (Å²) in [5, 5.41) is 9.29. The van der Waals surface area contributed by atoms with Crippen LogP contribution in [0.4, 0.5) is 4.79 Å². The number of fused-ring (bicyclic) bond motifs is 1. The van der Waals surface area contributed by atoms with Crippen molar-refractivity contribution in [2.75, 3.05) is 6.54 Å². The van der Waals surface area contributed by atoms with Gasteiger partial charge in [0.05, 0.1) is 24.2 Å². The first-order valence-electron chi connectivity index (χ1n) is 15.5. The normalized spacial score (nSPS) is 12.2. The highest BCUT2D eigenvalue weighted by molar-refractivity contribution is 6.31. The van der Waals surface area contributed by atoms with Crippen LogP contribution in [0.2, 0.25) is 5.02 Å². The summed E-state index contributed by atoms with van der Waals surface area (Å²) in [6.45, 7) is 10.1. The first-order chi connectivity index (χ1) is 21.4. The van der Waals surface area contributed by atoms with E-state index in [1.807, 2.05) is 88.0 Å². The Hall–Kier alpha value is -4.17. The number of alkyl carbamates (subject to hydrolysis) is 1. The molecular formula is C36H43ClN4O4. The number of nitrogens with zero attached hydrogens (tertiary/aromatic N) is 3. The van der Waals surface area contributed by atoms with Crippen molar-refractivity contribution in [2.45, 2.75) is 78.6 Å². The van der Waals surface area contributed by atoms with Gasteiger partial charge in [0.2, 0.25) is 5.91 Å². The Balaban J connectivity index is 1.70. The molecule has 1 heterocycles. The topological polar surface area (TPSA) is 93.5 Å². The number of hydrogen-bond acceptors (Lipinski definition) is 5. The number of amides is 2. The summed E-state index contributed by atoms with van der Waals surface area (Å²) in [7, 11) is 0. The SMILES string of the molecule is CC(C)C(=O)N(Cc1nn(Cc2ccccc2)c(=O)c2ccc(Cl)cc12)C(CCCNC(=O)OC(C)(C)C)Cc1ccccc1. The fourth-order valence-corrected chi connectivity index (χ4v) is 5.45. The molecule has 0 saturated heterocycles. The van der Waals surface area contributed by atoms with Crippen LogP contribution in [0.3, 0.4) is 0 Å². The van der Waals surface area contributed by atoms with Crippen LogP contribution in [0.15, 0.2) is 83.7 Å². The fourth-order valence-electron chi connectivity index (χ4n) is 5.28. The van der Waals surface area contributed by atoms with Crippen LogP contribution in [0.1, 0.15) is 64.3 Å². The molecule has 1 aromatic heterocycles. The summed E-state index contributed by atoms with van der Waals surface area (Å²) >= 11 is 6.42. The van der Waals surface area contributed by atoms with E-state index in [4.69, 9.17) is 21.4 Å². The zero-order chi connectivity index (χ0) is 32.6. The lowest BCUT2D eigenvalue weighted by Gasteiger charge is -2.34. The van der Waals surface area contributed by atoms with Gasteiger partial charge >= 0.3 is 6.09 Å². The summed E-state index contributed by atoms with van der Waals surface area (Å²) in [5.41, 5.74) is 1.84. The lowest BCUT2D eigenvalue weighted by atomic mass is 9.98. The van der Waals surface area contributed by atoms with Gasteiger partial charge in [-0.15, -0.1) is 0 Å². The van der Waals surface area contributed by atoms with E-state index >= 15 is 0 Å². The van der Waals surface area contributed by atoms with Crippen molar-refractivity contribution in [3.8, 4) is 0 Å². The summed E-state index contributed by atoms with van der Waals surface area (Å²) in [5.74, 6) is -0.290. The molecular weight excluding hydrogens is 588 g/mol. The van der Waals surface area contributed by atoms with Crippen molar-refractivity contribution in [3.05, 3.63) is 111 Å². The number of ether oxygens (including phenoxy) is 1. The molecule has 9 heteroatoms. The Morgan fingerprint density at radius 1 is 0.956 bits per heavy atom. The highest BCUT2D eigenvalue weighted by Crippen LogP contribution is 2.25. The molecule has 4 aromatic rings. The quantitative estimate of drug-likeness (QED) is 0.170. The minimum Gasteiger partial charge on any atom is -0.444 e.